The number of fused-ring (bicyclic) bond motifs is 1. The highest BCUT2D eigenvalue weighted by Gasteiger charge is 2.44. The molecule has 33 heavy (non-hydrogen) atoms. The maximum Gasteiger partial charge on any atom is 0.673 e. The van der Waals surface area contributed by atoms with Gasteiger partial charge in [-0.3, -0.25) is 9.40 Å². The molecular formula is C17H20BF5N5O5-. The van der Waals surface area contributed by atoms with Gasteiger partial charge in [0.1, 0.15) is 42.8 Å². The molecule has 0 bridgehead atoms. The SMILES string of the molecule is F[B-](F)(F)F.NC1=c2ncn([C@@H]3O[C@H](CO)[C@@H](O)[C@H]3O)c2=NCN1OCc1ccc(F)cc1. The fourth-order valence-corrected chi connectivity index (χ4v) is 3.16. The van der Waals surface area contributed by atoms with Crippen LogP contribution in [0.25, 0.3) is 5.82 Å². The lowest BCUT2D eigenvalue weighted by Crippen LogP contribution is -2.47. The van der Waals surface area contributed by atoms with Gasteiger partial charge in [-0.15, -0.1) is 0 Å². The van der Waals surface area contributed by atoms with Gasteiger partial charge >= 0.3 is 7.25 Å². The highest BCUT2D eigenvalue weighted by molar-refractivity contribution is 6.50. The molecule has 2 aromatic rings. The summed E-state index contributed by atoms with van der Waals surface area (Å²) in [5, 5.41) is 31.1. The van der Waals surface area contributed by atoms with Crippen LogP contribution < -0.4 is 16.6 Å². The Morgan fingerprint density at radius 1 is 1.15 bits per heavy atom. The van der Waals surface area contributed by atoms with E-state index in [1.165, 1.54) is 28.1 Å². The van der Waals surface area contributed by atoms with Crippen LogP contribution in [0.15, 0.2) is 35.6 Å². The molecule has 2 aliphatic heterocycles. The molecule has 4 rings (SSSR count). The largest absolute Gasteiger partial charge is 0.673 e. The summed E-state index contributed by atoms with van der Waals surface area (Å²) >= 11 is 0. The summed E-state index contributed by atoms with van der Waals surface area (Å²) in [5.41, 5.74) is 7.27. The lowest BCUT2D eigenvalue weighted by molar-refractivity contribution is -0.124. The molecule has 0 spiro atoms. The van der Waals surface area contributed by atoms with Crippen LogP contribution in [0, 0.1) is 5.82 Å². The molecule has 0 radical (unpaired) electrons. The number of nitrogens with zero attached hydrogens (tertiary/aromatic N) is 4. The molecule has 16 heteroatoms. The molecule has 2 aliphatic rings. The minimum Gasteiger partial charge on any atom is -0.418 e. The zero-order chi connectivity index (χ0) is 24.3. The number of hydrogen-bond acceptors (Lipinski definition) is 9. The number of hydrogen-bond donors (Lipinski definition) is 4. The first-order valence-electron chi connectivity index (χ1n) is 9.51. The molecule has 0 aliphatic carbocycles. The predicted molar refractivity (Wildman–Crippen MR) is 102 cm³/mol. The number of hydroxylamine groups is 2. The van der Waals surface area contributed by atoms with Crippen molar-refractivity contribution in [3.8, 4) is 0 Å². The van der Waals surface area contributed by atoms with Gasteiger partial charge in [-0.2, -0.15) is 0 Å². The van der Waals surface area contributed by atoms with Crippen LogP contribution in [0.1, 0.15) is 11.8 Å². The zero-order valence-corrected chi connectivity index (χ0v) is 16.8. The van der Waals surface area contributed by atoms with Crippen LogP contribution in [-0.2, 0) is 16.2 Å². The fourth-order valence-electron chi connectivity index (χ4n) is 3.16. The van der Waals surface area contributed by atoms with Crippen molar-refractivity contribution < 1.29 is 46.5 Å². The van der Waals surface area contributed by atoms with E-state index in [1.54, 1.807) is 12.1 Å². The Balaban J connectivity index is 0.000000555. The van der Waals surface area contributed by atoms with Crippen molar-refractivity contribution in [2.45, 2.75) is 31.1 Å². The average Bonchev–Trinajstić information content (AvgIpc) is 3.29. The zero-order valence-electron chi connectivity index (χ0n) is 16.8. The number of imidazole rings is 1. The first-order chi connectivity index (χ1) is 15.5. The quantitative estimate of drug-likeness (QED) is 0.316. The molecular weight excluding hydrogens is 460 g/mol. The molecule has 1 saturated heterocycles. The summed E-state index contributed by atoms with van der Waals surface area (Å²) in [6, 6.07) is 5.89. The summed E-state index contributed by atoms with van der Waals surface area (Å²) in [6.07, 6.45) is -2.94. The van der Waals surface area contributed by atoms with E-state index >= 15 is 0 Å². The first kappa shape index (κ1) is 24.8. The standard InChI is InChI=1S/C17H20FN5O5.BF4/c18-10-3-1-9(2-4-10)6-27-23-8-21-16-12(15(23)19)20-7-22(16)17-14(26)13(25)11(5-24)28-17;2-1(3,4)5/h1-4,7,11,13-14,17,24-26H,5-6,8,19H2;/q;-1/t11-,13-,14-,17-;/m1./s1. The van der Waals surface area contributed by atoms with E-state index in [0.717, 1.165) is 5.56 Å². The number of aromatic nitrogens is 2. The molecule has 3 heterocycles. The van der Waals surface area contributed by atoms with Crippen molar-refractivity contribution in [2.75, 3.05) is 13.3 Å². The third-order valence-corrected chi connectivity index (χ3v) is 4.72. The van der Waals surface area contributed by atoms with E-state index in [2.05, 4.69) is 9.98 Å². The summed E-state index contributed by atoms with van der Waals surface area (Å²) in [6.45, 7) is -0.191. The Kier molecular flexibility index (Phi) is 7.53. The van der Waals surface area contributed by atoms with Crippen LogP contribution in [0.4, 0.5) is 21.7 Å². The second kappa shape index (κ2) is 10.0. The van der Waals surface area contributed by atoms with E-state index in [-0.39, 0.29) is 24.9 Å². The van der Waals surface area contributed by atoms with Crippen LogP contribution in [0.3, 0.4) is 0 Å². The third-order valence-electron chi connectivity index (χ3n) is 4.72. The summed E-state index contributed by atoms with van der Waals surface area (Å²) < 4.78 is 59.0. The van der Waals surface area contributed by atoms with Crippen molar-refractivity contribution in [2.24, 2.45) is 10.7 Å². The molecule has 1 aromatic carbocycles. The summed E-state index contributed by atoms with van der Waals surface area (Å²) in [7, 11) is -6.00. The number of aliphatic hydroxyl groups is 3. The molecule has 0 unspecified atom stereocenters. The molecule has 4 atom stereocenters. The van der Waals surface area contributed by atoms with Gasteiger partial charge in [-0.1, -0.05) is 12.1 Å². The first-order valence-corrected chi connectivity index (χ1v) is 9.51. The Morgan fingerprint density at radius 3 is 2.36 bits per heavy atom. The van der Waals surface area contributed by atoms with Gasteiger partial charge in [-0.05, 0) is 17.7 Å². The number of benzene rings is 1. The van der Waals surface area contributed by atoms with E-state index in [0.29, 0.717) is 10.8 Å². The summed E-state index contributed by atoms with van der Waals surface area (Å²) in [4.78, 5) is 14.2. The van der Waals surface area contributed by atoms with Crippen molar-refractivity contribution in [1.29, 1.82) is 0 Å². The molecule has 0 saturated carbocycles. The molecule has 182 valence electrons. The smallest absolute Gasteiger partial charge is 0.418 e. The second-order valence-corrected chi connectivity index (χ2v) is 7.01. The van der Waals surface area contributed by atoms with E-state index in [9.17, 15) is 37.0 Å². The van der Waals surface area contributed by atoms with Gasteiger partial charge in [0.2, 0.25) is 0 Å². The van der Waals surface area contributed by atoms with Crippen molar-refractivity contribution in [3.63, 3.8) is 0 Å². The fraction of sp³-hybridized carbons (Fsp3) is 0.412. The molecule has 1 fully saturated rings. The number of halogens is 5. The average molecular weight is 480 g/mol. The van der Waals surface area contributed by atoms with Crippen LogP contribution in [0.2, 0.25) is 0 Å². The summed E-state index contributed by atoms with van der Waals surface area (Å²) in [5.74, 6) is -0.111. The van der Waals surface area contributed by atoms with Gasteiger partial charge in [0.15, 0.2) is 17.5 Å². The molecule has 0 amide bonds. The minimum atomic E-state index is -6.00. The van der Waals surface area contributed by atoms with Crippen molar-refractivity contribution >= 4 is 13.1 Å². The van der Waals surface area contributed by atoms with Crippen LogP contribution in [0.5, 0.6) is 0 Å². The highest BCUT2D eigenvalue weighted by atomic mass is 19.5. The normalized spacial score (nSPS) is 24.7. The van der Waals surface area contributed by atoms with Crippen LogP contribution >= 0.6 is 0 Å². The van der Waals surface area contributed by atoms with Gasteiger partial charge in [0.05, 0.1) is 12.9 Å². The number of aliphatic hydroxyl groups excluding tert-OH is 3. The van der Waals surface area contributed by atoms with Gasteiger partial charge < -0.3 is 43.1 Å². The molecule has 5 N–H and O–H groups in total. The third kappa shape index (κ3) is 5.97. The number of rotatable bonds is 5. The molecule has 1 aromatic heterocycles. The Labute approximate surface area is 183 Å². The van der Waals surface area contributed by atoms with E-state index in [4.69, 9.17) is 15.3 Å². The predicted octanol–water partition coefficient (Wildman–Crippen LogP) is -1.02. The van der Waals surface area contributed by atoms with Crippen molar-refractivity contribution in [1.82, 2.24) is 14.6 Å². The lowest BCUT2D eigenvalue weighted by Gasteiger charge is -2.24. The Hall–Kier alpha value is -2.79. The lowest BCUT2D eigenvalue weighted by atomic mass is 10.1. The van der Waals surface area contributed by atoms with Gasteiger partial charge in [0, 0.05) is 0 Å². The number of ether oxygens (including phenoxy) is 1. The maximum atomic E-state index is 13.0. The van der Waals surface area contributed by atoms with Crippen molar-refractivity contribution in [3.05, 3.63) is 52.8 Å². The minimum absolute atomic E-state index is 0.0700. The molecule has 10 nitrogen and oxygen atoms in total. The van der Waals surface area contributed by atoms with Gasteiger partial charge in [0.25, 0.3) is 0 Å². The topological polar surface area (TPSA) is 139 Å². The monoisotopic (exact) mass is 480 g/mol. The maximum absolute atomic E-state index is 13.0. The van der Waals surface area contributed by atoms with E-state index < -0.39 is 38.4 Å². The Morgan fingerprint density at radius 2 is 1.79 bits per heavy atom. The van der Waals surface area contributed by atoms with E-state index in [1.807, 2.05) is 0 Å². The number of nitrogens with two attached hydrogens (primary N) is 1. The Bertz CT molecular complexity index is 1060. The van der Waals surface area contributed by atoms with Crippen LogP contribution in [-0.4, -0.2) is 68.8 Å². The second-order valence-electron chi connectivity index (χ2n) is 7.01. The highest BCUT2D eigenvalue weighted by Crippen LogP contribution is 2.27. The van der Waals surface area contributed by atoms with Gasteiger partial charge in [-0.25, -0.2) is 19.4 Å².